The van der Waals surface area contributed by atoms with E-state index in [4.69, 9.17) is 16.3 Å². The van der Waals surface area contributed by atoms with Gasteiger partial charge in [-0.05, 0) is 61.8 Å². The molecule has 0 bridgehead atoms. The molecule has 6 nitrogen and oxygen atoms in total. The van der Waals surface area contributed by atoms with E-state index < -0.39 is 0 Å². The van der Waals surface area contributed by atoms with Gasteiger partial charge < -0.3 is 15.0 Å². The Morgan fingerprint density at radius 3 is 2.45 bits per heavy atom. The first kappa shape index (κ1) is 27.2. The van der Waals surface area contributed by atoms with Crippen molar-refractivity contribution in [3.63, 3.8) is 0 Å². The maximum atomic E-state index is 13.6. The van der Waals surface area contributed by atoms with Crippen molar-refractivity contribution < 1.29 is 9.53 Å². The molecular formula is C33H37ClN4O2. The standard InChI is InChI=1S/C33H37ClN4O2/c1-32(2)30(33(3,4)31(32)40-26-9-8-23(17-35)28(34)16-26)38-20-24-15-21(7-10-27(24)29(38)39)5-6-22-18-37(19-22)25-11-13-36-14-12-25/h7-10,15-16,22,25,30-31,36H,11-14,18-20H2,1-4H3/t30-,31-. The number of nitriles is 1. The number of hydrogen-bond donors (Lipinski definition) is 1. The van der Waals surface area contributed by atoms with Crippen molar-refractivity contribution in [3.05, 3.63) is 63.7 Å². The minimum Gasteiger partial charge on any atom is -0.489 e. The molecule has 1 aliphatic carbocycles. The van der Waals surface area contributed by atoms with Gasteiger partial charge in [-0.25, -0.2) is 0 Å². The Bertz CT molecular complexity index is 1420. The average molecular weight is 557 g/mol. The zero-order valence-electron chi connectivity index (χ0n) is 23.8. The van der Waals surface area contributed by atoms with Gasteiger partial charge in [0, 0.05) is 65.7 Å². The smallest absolute Gasteiger partial charge is 0.254 e. The normalized spacial score (nSPS) is 25.7. The molecule has 0 aromatic heterocycles. The number of halogens is 1. The molecule has 1 N–H and O–H groups in total. The predicted octanol–water partition coefficient (Wildman–Crippen LogP) is 5.08. The molecule has 4 aliphatic rings. The number of fused-ring (bicyclic) bond motifs is 1. The van der Waals surface area contributed by atoms with Crippen molar-refractivity contribution in [3.8, 4) is 23.7 Å². The van der Waals surface area contributed by atoms with Crippen molar-refractivity contribution in [2.75, 3.05) is 26.2 Å². The summed E-state index contributed by atoms with van der Waals surface area (Å²) in [6, 6.07) is 14.0. The Balaban J connectivity index is 1.12. The summed E-state index contributed by atoms with van der Waals surface area (Å²) in [5, 5.41) is 13.0. The number of carbonyl (C=O) groups excluding carboxylic acids is 1. The summed E-state index contributed by atoms with van der Waals surface area (Å²) in [5.41, 5.74) is 2.68. The van der Waals surface area contributed by atoms with Crippen molar-refractivity contribution in [2.45, 2.75) is 65.3 Å². The largest absolute Gasteiger partial charge is 0.489 e. The number of benzene rings is 2. The first-order valence-corrected chi connectivity index (χ1v) is 14.7. The summed E-state index contributed by atoms with van der Waals surface area (Å²) in [7, 11) is 0. The fraction of sp³-hybridized carbons (Fsp3) is 0.515. The minimum atomic E-state index is -0.283. The summed E-state index contributed by atoms with van der Waals surface area (Å²) >= 11 is 6.25. The Hall–Kier alpha value is -3.03. The van der Waals surface area contributed by atoms with E-state index in [9.17, 15) is 10.1 Å². The number of carbonyl (C=O) groups is 1. The van der Waals surface area contributed by atoms with Crippen LogP contribution in [-0.2, 0) is 6.54 Å². The zero-order valence-corrected chi connectivity index (χ0v) is 24.5. The second-order valence-electron chi connectivity index (χ2n) is 13.0. The fourth-order valence-electron chi connectivity index (χ4n) is 7.90. The maximum Gasteiger partial charge on any atom is 0.254 e. The van der Waals surface area contributed by atoms with Crippen LogP contribution in [0.1, 0.15) is 67.6 Å². The molecule has 6 rings (SSSR count). The number of ether oxygens (including phenoxy) is 1. The molecule has 1 saturated carbocycles. The molecule has 7 heteroatoms. The highest BCUT2D eigenvalue weighted by molar-refractivity contribution is 6.31. The van der Waals surface area contributed by atoms with Crippen LogP contribution in [0.2, 0.25) is 5.02 Å². The van der Waals surface area contributed by atoms with Crippen LogP contribution < -0.4 is 10.1 Å². The first-order valence-electron chi connectivity index (χ1n) is 14.4. The lowest BCUT2D eigenvalue weighted by molar-refractivity contribution is -0.199. The van der Waals surface area contributed by atoms with Crippen molar-refractivity contribution in [1.29, 1.82) is 5.26 Å². The summed E-state index contributed by atoms with van der Waals surface area (Å²) in [4.78, 5) is 18.2. The lowest BCUT2D eigenvalue weighted by atomic mass is 9.49. The van der Waals surface area contributed by atoms with Crippen LogP contribution in [0.25, 0.3) is 0 Å². The highest BCUT2D eigenvalue weighted by atomic mass is 35.5. The van der Waals surface area contributed by atoms with Gasteiger partial charge in [-0.2, -0.15) is 5.26 Å². The Labute approximate surface area is 242 Å². The van der Waals surface area contributed by atoms with Crippen molar-refractivity contribution in [2.24, 2.45) is 16.7 Å². The number of amides is 1. The van der Waals surface area contributed by atoms with Gasteiger partial charge in [0.1, 0.15) is 17.9 Å². The molecule has 208 valence electrons. The zero-order chi connectivity index (χ0) is 28.2. The molecule has 2 aromatic rings. The van der Waals surface area contributed by atoms with Gasteiger partial charge in [-0.1, -0.05) is 51.1 Å². The third kappa shape index (κ3) is 4.57. The fourth-order valence-corrected chi connectivity index (χ4v) is 8.11. The molecule has 2 saturated heterocycles. The van der Waals surface area contributed by atoms with Crippen LogP contribution in [0.15, 0.2) is 36.4 Å². The summed E-state index contributed by atoms with van der Waals surface area (Å²) in [6.45, 7) is 13.6. The van der Waals surface area contributed by atoms with Crippen LogP contribution in [0.4, 0.5) is 0 Å². The molecule has 3 heterocycles. The van der Waals surface area contributed by atoms with E-state index in [0.717, 1.165) is 42.9 Å². The number of rotatable bonds is 4. The van der Waals surface area contributed by atoms with Crippen LogP contribution in [0.5, 0.6) is 5.75 Å². The molecule has 0 unspecified atom stereocenters. The van der Waals surface area contributed by atoms with Crippen LogP contribution >= 0.6 is 11.6 Å². The number of piperidine rings is 1. The highest BCUT2D eigenvalue weighted by Gasteiger charge is 2.67. The average Bonchev–Trinajstić information content (AvgIpc) is 3.21. The van der Waals surface area contributed by atoms with Crippen LogP contribution in [-0.4, -0.2) is 60.1 Å². The lowest BCUT2D eigenvalue weighted by Crippen LogP contribution is -2.74. The van der Waals surface area contributed by atoms with E-state index in [2.05, 4.69) is 61.9 Å². The quantitative estimate of drug-likeness (QED) is 0.532. The number of likely N-dealkylation sites (tertiary alicyclic amines) is 1. The monoisotopic (exact) mass is 556 g/mol. The third-order valence-electron chi connectivity index (χ3n) is 9.48. The van der Waals surface area contributed by atoms with Gasteiger partial charge >= 0.3 is 0 Å². The summed E-state index contributed by atoms with van der Waals surface area (Å²) in [6.07, 6.45) is 2.35. The Kier molecular flexibility index (Phi) is 6.86. The molecule has 40 heavy (non-hydrogen) atoms. The van der Waals surface area contributed by atoms with E-state index in [1.807, 2.05) is 17.0 Å². The lowest BCUT2D eigenvalue weighted by Gasteiger charge is -2.65. The number of nitrogens with zero attached hydrogens (tertiary/aromatic N) is 3. The topological polar surface area (TPSA) is 68.6 Å². The van der Waals surface area contributed by atoms with E-state index >= 15 is 0 Å². The van der Waals surface area contributed by atoms with Crippen molar-refractivity contribution >= 4 is 17.5 Å². The molecule has 3 aliphatic heterocycles. The Morgan fingerprint density at radius 2 is 1.77 bits per heavy atom. The van der Waals surface area contributed by atoms with Crippen LogP contribution in [0.3, 0.4) is 0 Å². The maximum absolute atomic E-state index is 13.6. The van der Waals surface area contributed by atoms with E-state index in [-0.39, 0.29) is 28.9 Å². The van der Waals surface area contributed by atoms with Crippen molar-refractivity contribution in [1.82, 2.24) is 15.1 Å². The van der Waals surface area contributed by atoms with Gasteiger partial charge in [-0.15, -0.1) is 0 Å². The van der Waals surface area contributed by atoms with Gasteiger partial charge in [0.25, 0.3) is 5.91 Å². The molecule has 0 atom stereocenters. The highest BCUT2D eigenvalue weighted by Crippen LogP contribution is 2.59. The molecule has 3 fully saturated rings. The molecule has 2 aromatic carbocycles. The second kappa shape index (κ2) is 10.1. The second-order valence-corrected chi connectivity index (χ2v) is 13.4. The van der Waals surface area contributed by atoms with Crippen LogP contribution in [0, 0.1) is 39.9 Å². The molecular weight excluding hydrogens is 520 g/mol. The van der Waals surface area contributed by atoms with E-state index in [1.165, 1.54) is 12.8 Å². The predicted molar refractivity (Wildman–Crippen MR) is 156 cm³/mol. The molecule has 0 spiro atoms. The first-order chi connectivity index (χ1) is 19.1. The number of hydrogen-bond acceptors (Lipinski definition) is 5. The summed E-state index contributed by atoms with van der Waals surface area (Å²) < 4.78 is 6.44. The minimum absolute atomic E-state index is 0.00392. The molecule has 1 amide bonds. The molecule has 0 radical (unpaired) electrons. The van der Waals surface area contributed by atoms with E-state index in [1.54, 1.807) is 18.2 Å². The number of nitrogens with one attached hydrogen (secondary N) is 1. The SMILES string of the molecule is CC1(C)[C@H](Oc2ccc(C#N)c(Cl)c2)C(C)(C)[C@H]1N1Cc2cc(C#CC3CN(C4CCNCC4)C3)ccc2C1=O. The Morgan fingerprint density at radius 1 is 1.05 bits per heavy atom. The third-order valence-corrected chi connectivity index (χ3v) is 9.79. The summed E-state index contributed by atoms with van der Waals surface area (Å²) in [5.74, 6) is 8.03. The van der Waals surface area contributed by atoms with Gasteiger partial charge in [-0.3, -0.25) is 9.69 Å². The van der Waals surface area contributed by atoms with Gasteiger partial charge in [0.15, 0.2) is 0 Å². The van der Waals surface area contributed by atoms with E-state index in [0.29, 0.717) is 34.8 Å². The van der Waals surface area contributed by atoms with Gasteiger partial charge in [0.2, 0.25) is 0 Å². The van der Waals surface area contributed by atoms with Gasteiger partial charge in [0.05, 0.1) is 10.6 Å².